The largest absolute Gasteiger partial charge is 0.359 e. The Morgan fingerprint density at radius 2 is 1.86 bits per heavy atom. The van der Waals surface area contributed by atoms with E-state index in [9.17, 15) is 4.39 Å². The summed E-state index contributed by atoms with van der Waals surface area (Å²) in [5.41, 5.74) is 2.14. The lowest BCUT2D eigenvalue weighted by molar-refractivity contribution is 0.264. The first-order chi connectivity index (χ1) is 10.7. The Bertz CT molecular complexity index is 742. The minimum Gasteiger partial charge on any atom is -0.359 e. The van der Waals surface area contributed by atoms with Gasteiger partial charge in [0.1, 0.15) is 11.5 Å². The summed E-state index contributed by atoms with van der Waals surface area (Å²) >= 11 is 0. The van der Waals surface area contributed by atoms with E-state index in [2.05, 4.69) is 10.1 Å². The van der Waals surface area contributed by atoms with Gasteiger partial charge in [-0.25, -0.2) is 4.39 Å². The van der Waals surface area contributed by atoms with E-state index >= 15 is 0 Å². The maximum absolute atomic E-state index is 13.6. The first-order valence-corrected chi connectivity index (χ1v) is 7.01. The first kappa shape index (κ1) is 14.4. The van der Waals surface area contributed by atoms with E-state index < -0.39 is 0 Å². The molecule has 0 unspecified atom stereocenters. The molecule has 0 saturated heterocycles. The molecule has 0 N–H and O–H groups in total. The van der Waals surface area contributed by atoms with Gasteiger partial charge in [0.25, 0.3) is 0 Å². The quantitative estimate of drug-likeness (QED) is 0.723. The molecule has 0 bridgehead atoms. The average Bonchev–Trinajstić information content (AvgIpc) is 2.99. The number of benzene rings is 1. The highest BCUT2D eigenvalue weighted by Gasteiger charge is 2.11. The van der Waals surface area contributed by atoms with Crippen LogP contribution in [0.1, 0.15) is 11.3 Å². The fraction of sp³-hybridized carbons (Fsp3) is 0.176. The highest BCUT2D eigenvalue weighted by Crippen LogP contribution is 2.18. The topological polar surface area (TPSA) is 42.2 Å². The van der Waals surface area contributed by atoms with Crippen molar-refractivity contribution in [3.05, 3.63) is 71.9 Å². The number of hydrogen-bond acceptors (Lipinski definition) is 4. The molecule has 112 valence electrons. The molecular formula is C17H16FN3O. The van der Waals surface area contributed by atoms with E-state index in [1.54, 1.807) is 18.3 Å². The lowest BCUT2D eigenvalue weighted by atomic mass is 10.2. The molecule has 5 heteroatoms. The molecule has 4 nitrogen and oxygen atoms in total. The Balaban J connectivity index is 1.66. The molecule has 0 radical (unpaired) electrons. The molecule has 3 aromatic rings. The number of halogens is 1. The second kappa shape index (κ2) is 6.49. The highest BCUT2D eigenvalue weighted by molar-refractivity contribution is 5.52. The molecule has 0 aliphatic heterocycles. The average molecular weight is 297 g/mol. The summed E-state index contributed by atoms with van der Waals surface area (Å²) in [7, 11) is 1.91. The SMILES string of the molecule is CN(Cc1cc(-c2ccccn2)no1)Cc1ccccc1F. The van der Waals surface area contributed by atoms with E-state index in [1.165, 1.54) is 6.07 Å². The van der Waals surface area contributed by atoms with Gasteiger partial charge in [0, 0.05) is 24.4 Å². The van der Waals surface area contributed by atoms with Gasteiger partial charge >= 0.3 is 0 Å². The fourth-order valence-corrected chi connectivity index (χ4v) is 2.26. The molecular weight excluding hydrogens is 281 g/mol. The van der Waals surface area contributed by atoms with Gasteiger partial charge in [0.05, 0.1) is 12.2 Å². The molecule has 0 aliphatic carbocycles. The molecule has 0 amide bonds. The Hall–Kier alpha value is -2.53. The van der Waals surface area contributed by atoms with Gasteiger partial charge in [0.15, 0.2) is 5.76 Å². The molecule has 0 fully saturated rings. The maximum Gasteiger partial charge on any atom is 0.151 e. The van der Waals surface area contributed by atoms with Crippen molar-refractivity contribution in [2.24, 2.45) is 0 Å². The zero-order chi connectivity index (χ0) is 15.4. The van der Waals surface area contributed by atoms with Crippen molar-refractivity contribution in [2.45, 2.75) is 13.1 Å². The molecule has 2 heterocycles. The van der Waals surface area contributed by atoms with Crippen LogP contribution < -0.4 is 0 Å². The van der Waals surface area contributed by atoms with Gasteiger partial charge < -0.3 is 4.52 Å². The minimum atomic E-state index is -0.193. The summed E-state index contributed by atoms with van der Waals surface area (Å²) in [5.74, 6) is 0.528. The first-order valence-electron chi connectivity index (χ1n) is 7.01. The Kier molecular flexibility index (Phi) is 4.25. The second-order valence-electron chi connectivity index (χ2n) is 5.16. The summed E-state index contributed by atoms with van der Waals surface area (Å²) in [6, 6.07) is 14.3. The van der Waals surface area contributed by atoms with E-state index in [-0.39, 0.29) is 5.82 Å². The van der Waals surface area contributed by atoms with Gasteiger partial charge in [0.2, 0.25) is 0 Å². The molecule has 0 spiro atoms. The van der Waals surface area contributed by atoms with Gasteiger partial charge in [-0.05, 0) is 25.2 Å². The number of pyridine rings is 1. The monoisotopic (exact) mass is 297 g/mol. The Labute approximate surface area is 128 Å². The van der Waals surface area contributed by atoms with Crippen LogP contribution in [0.5, 0.6) is 0 Å². The van der Waals surface area contributed by atoms with Gasteiger partial charge in [-0.2, -0.15) is 0 Å². The predicted octanol–water partition coefficient (Wildman–Crippen LogP) is 3.51. The Morgan fingerprint density at radius 1 is 1.05 bits per heavy atom. The molecule has 0 saturated carbocycles. The van der Waals surface area contributed by atoms with Crippen molar-refractivity contribution in [3.63, 3.8) is 0 Å². The van der Waals surface area contributed by atoms with Gasteiger partial charge in [-0.15, -0.1) is 0 Å². The van der Waals surface area contributed by atoms with Crippen molar-refractivity contribution in [1.29, 1.82) is 0 Å². The third-order valence-corrected chi connectivity index (χ3v) is 3.31. The molecule has 0 atom stereocenters. The maximum atomic E-state index is 13.6. The summed E-state index contributed by atoms with van der Waals surface area (Å²) in [6.07, 6.45) is 1.72. The summed E-state index contributed by atoms with van der Waals surface area (Å²) in [6.45, 7) is 1.06. The highest BCUT2D eigenvalue weighted by atomic mass is 19.1. The molecule has 1 aromatic carbocycles. The van der Waals surface area contributed by atoms with Crippen LogP contribution in [0.25, 0.3) is 11.4 Å². The standard InChI is InChI=1S/C17H16FN3O/c1-21(11-13-6-2-3-7-15(13)18)12-14-10-17(20-22-14)16-8-4-5-9-19-16/h2-10H,11-12H2,1H3. The van der Waals surface area contributed by atoms with Crippen molar-refractivity contribution in [3.8, 4) is 11.4 Å². The summed E-state index contributed by atoms with van der Waals surface area (Å²) < 4.78 is 19.0. The number of nitrogens with zero attached hydrogens (tertiary/aromatic N) is 3. The zero-order valence-corrected chi connectivity index (χ0v) is 12.2. The van der Waals surface area contributed by atoms with E-state index in [1.807, 2.05) is 42.3 Å². The van der Waals surface area contributed by atoms with Crippen LogP contribution in [-0.4, -0.2) is 22.1 Å². The smallest absolute Gasteiger partial charge is 0.151 e. The van der Waals surface area contributed by atoms with Crippen molar-refractivity contribution < 1.29 is 8.91 Å². The number of hydrogen-bond donors (Lipinski definition) is 0. The summed E-state index contributed by atoms with van der Waals surface area (Å²) in [5, 5.41) is 4.03. The van der Waals surface area contributed by atoms with E-state index in [0.29, 0.717) is 24.3 Å². The minimum absolute atomic E-state index is 0.193. The number of aromatic nitrogens is 2. The van der Waals surface area contributed by atoms with Crippen LogP contribution in [0.15, 0.2) is 59.3 Å². The second-order valence-corrected chi connectivity index (χ2v) is 5.16. The lowest BCUT2D eigenvalue weighted by Gasteiger charge is -2.14. The number of rotatable bonds is 5. The van der Waals surface area contributed by atoms with Gasteiger partial charge in [-0.1, -0.05) is 29.4 Å². The molecule has 22 heavy (non-hydrogen) atoms. The molecule has 2 aromatic heterocycles. The Morgan fingerprint density at radius 3 is 2.64 bits per heavy atom. The van der Waals surface area contributed by atoms with Crippen LogP contribution in [0.4, 0.5) is 4.39 Å². The third kappa shape index (κ3) is 3.38. The lowest BCUT2D eigenvalue weighted by Crippen LogP contribution is -2.17. The van der Waals surface area contributed by atoms with Crippen LogP contribution in [0.3, 0.4) is 0 Å². The molecule has 3 rings (SSSR count). The molecule has 0 aliphatic rings. The van der Waals surface area contributed by atoms with Crippen molar-refractivity contribution >= 4 is 0 Å². The zero-order valence-electron chi connectivity index (χ0n) is 12.2. The summed E-state index contributed by atoms with van der Waals surface area (Å²) in [4.78, 5) is 6.21. The normalized spacial score (nSPS) is 11.0. The van der Waals surface area contributed by atoms with Gasteiger partial charge in [-0.3, -0.25) is 9.88 Å². The fourth-order valence-electron chi connectivity index (χ4n) is 2.26. The van der Waals surface area contributed by atoms with Crippen LogP contribution >= 0.6 is 0 Å². The predicted molar refractivity (Wildman–Crippen MR) is 81.3 cm³/mol. The van der Waals surface area contributed by atoms with Crippen molar-refractivity contribution in [2.75, 3.05) is 7.05 Å². The van der Waals surface area contributed by atoms with Crippen LogP contribution in [-0.2, 0) is 13.1 Å². The van der Waals surface area contributed by atoms with Crippen LogP contribution in [0, 0.1) is 5.82 Å². The van der Waals surface area contributed by atoms with Crippen LogP contribution in [0.2, 0.25) is 0 Å². The van der Waals surface area contributed by atoms with E-state index in [4.69, 9.17) is 4.52 Å². The van der Waals surface area contributed by atoms with Crippen molar-refractivity contribution in [1.82, 2.24) is 15.0 Å². The third-order valence-electron chi connectivity index (χ3n) is 3.31. The van der Waals surface area contributed by atoms with E-state index in [0.717, 1.165) is 11.5 Å².